The van der Waals surface area contributed by atoms with Gasteiger partial charge < -0.3 is 5.32 Å². The second-order valence-electron chi connectivity index (χ2n) is 4.10. The molecular weight excluding hydrogens is 251 g/mol. The van der Waals surface area contributed by atoms with Crippen LogP contribution < -0.4 is 5.32 Å². The summed E-state index contributed by atoms with van der Waals surface area (Å²) in [6.45, 7) is 1.74. The number of pyridine rings is 1. The smallest absolute Gasteiger partial charge is 0.126 e. The monoisotopic (exact) mass is 264 g/mol. The third-order valence-electron chi connectivity index (χ3n) is 2.88. The summed E-state index contributed by atoms with van der Waals surface area (Å²) in [7, 11) is 1.80. The second kappa shape index (κ2) is 5.46. The van der Waals surface area contributed by atoms with Crippen LogP contribution in [0.3, 0.4) is 0 Å². The minimum atomic E-state index is -0.222. The highest BCUT2D eigenvalue weighted by Crippen LogP contribution is 2.26. The quantitative estimate of drug-likeness (QED) is 0.918. The Bertz CT molecular complexity index is 557. The van der Waals surface area contributed by atoms with Crippen LogP contribution in [0.2, 0.25) is 5.02 Å². The fourth-order valence-electron chi connectivity index (χ4n) is 1.86. The van der Waals surface area contributed by atoms with Crippen molar-refractivity contribution in [1.29, 1.82) is 0 Å². The van der Waals surface area contributed by atoms with E-state index in [0.717, 1.165) is 5.56 Å². The molecule has 0 radical (unpaired) electrons. The third kappa shape index (κ3) is 2.52. The molecule has 1 aromatic carbocycles. The largest absolute Gasteiger partial charge is 0.308 e. The summed E-state index contributed by atoms with van der Waals surface area (Å²) in [6.07, 6.45) is 1.68. The molecule has 1 atom stereocenters. The van der Waals surface area contributed by atoms with Gasteiger partial charge in [0.1, 0.15) is 5.82 Å². The van der Waals surface area contributed by atoms with E-state index in [2.05, 4.69) is 10.3 Å². The van der Waals surface area contributed by atoms with Crippen molar-refractivity contribution in [3.8, 4) is 0 Å². The van der Waals surface area contributed by atoms with Crippen molar-refractivity contribution in [2.45, 2.75) is 13.0 Å². The van der Waals surface area contributed by atoms with Gasteiger partial charge >= 0.3 is 0 Å². The molecule has 2 rings (SSSR count). The van der Waals surface area contributed by atoms with E-state index in [1.807, 2.05) is 6.07 Å². The SMILES string of the molecule is CNC(c1ccc(C)c(F)c1)c1ncccc1Cl. The van der Waals surface area contributed by atoms with Gasteiger partial charge in [-0.3, -0.25) is 4.98 Å². The average Bonchev–Trinajstić information content (AvgIpc) is 2.37. The first-order valence-corrected chi connectivity index (χ1v) is 6.05. The van der Waals surface area contributed by atoms with Gasteiger partial charge in [0.15, 0.2) is 0 Å². The highest BCUT2D eigenvalue weighted by molar-refractivity contribution is 6.31. The Hall–Kier alpha value is -1.45. The number of aromatic nitrogens is 1. The first kappa shape index (κ1) is 13.0. The summed E-state index contributed by atoms with van der Waals surface area (Å²) in [5.74, 6) is -0.222. The Morgan fingerprint density at radius 2 is 2.11 bits per heavy atom. The van der Waals surface area contributed by atoms with Gasteiger partial charge in [-0.05, 0) is 43.3 Å². The maximum atomic E-state index is 13.6. The van der Waals surface area contributed by atoms with Gasteiger partial charge in [0.05, 0.1) is 16.8 Å². The third-order valence-corrected chi connectivity index (χ3v) is 3.20. The Labute approximate surface area is 111 Å². The lowest BCUT2D eigenvalue weighted by Crippen LogP contribution is -2.19. The maximum absolute atomic E-state index is 13.6. The summed E-state index contributed by atoms with van der Waals surface area (Å²) < 4.78 is 13.6. The van der Waals surface area contributed by atoms with E-state index < -0.39 is 0 Å². The lowest BCUT2D eigenvalue weighted by atomic mass is 10.0. The number of hydrogen-bond acceptors (Lipinski definition) is 2. The average molecular weight is 265 g/mol. The predicted molar refractivity (Wildman–Crippen MR) is 71.3 cm³/mol. The zero-order chi connectivity index (χ0) is 13.1. The van der Waals surface area contributed by atoms with Crippen LogP contribution in [0, 0.1) is 12.7 Å². The molecule has 0 saturated carbocycles. The summed E-state index contributed by atoms with van der Waals surface area (Å²) >= 11 is 6.12. The van der Waals surface area contributed by atoms with Gasteiger partial charge in [-0.15, -0.1) is 0 Å². The minimum Gasteiger partial charge on any atom is -0.308 e. The molecule has 2 nitrogen and oxygen atoms in total. The van der Waals surface area contributed by atoms with Gasteiger partial charge in [-0.25, -0.2) is 4.39 Å². The highest BCUT2D eigenvalue weighted by Gasteiger charge is 2.17. The topological polar surface area (TPSA) is 24.9 Å². The zero-order valence-corrected chi connectivity index (χ0v) is 11.0. The Kier molecular flexibility index (Phi) is 3.94. The molecular formula is C14H14ClFN2. The van der Waals surface area contributed by atoms with Crippen LogP contribution >= 0.6 is 11.6 Å². The number of halogens is 2. The first-order chi connectivity index (χ1) is 8.63. The molecule has 0 fully saturated rings. The Morgan fingerprint density at radius 1 is 1.33 bits per heavy atom. The molecule has 0 spiro atoms. The van der Waals surface area contributed by atoms with Crippen molar-refractivity contribution < 1.29 is 4.39 Å². The van der Waals surface area contributed by atoms with Crippen LogP contribution in [-0.4, -0.2) is 12.0 Å². The van der Waals surface area contributed by atoms with Gasteiger partial charge in [0.25, 0.3) is 0 Å². The summed E-state index contributed by atoms with van der Waals surface area (Å²) in [4.78, 5) is 4.26. The summed E-state index contributed by atoms with van der Waals surface area (Å²) in [5, 5.41) is 3.68. The van der Waals surface area contributed by atoms with Gasteiger partial charge in [-0.2, -0.15) is 0 Å². The number of rotatable bonds is 3. The predicted octanol–water partition coefficient (Wildman–Crippen LogP) is 3.49. The van der Waals surface area contributed by atoms with Crippen LogP contribution in [0.5, 0.6) is 0 Å². The minimum absolute atomic E-state index is 0.214. The number of nitrogens with one attached hydrogen (secondary N) is 1. The van der Waals surface area contributed by atoms with E-state index in [1.54, 1.807) is 38.4 Å². The van der Waals surface area contributed by atoms with Gasteiger partial charge in [-0.1, -0.05) is 23.7 Å². The number of nitrogens with zero attached hydrogens (tertiary/aromatic N) is 1. The lowest BCUT2D eigenvalue weighted by molar-refractivity contribution is 0.606. The second-order valence-corrected chi connectivity index (χ2v) is 4.51. The standard InChI is InChI=1S/C14H14ClFN2/c1-9-5-6-10(8-12(9)16)13(17-2)14-11(15)4-3-7-18-14/h3-8,13,17H,1-2H3. The molecule has 0 aliphatic rings. The molecule has 0 amide bonds. The Morgan fingerprint density at radius 3 is 2.72 bits per heavy atom. The van der Waals surface area contributed by atoms with Crippen LogP contribution in [-0.2, 0) is 0 Å². The number of hydrogen-bond donors (Lipinski definition) is 1. The molecule has 0 saturated heterocycles. The first-order valence-electron chi connectivity index (χ1n) is 5.67. The molecule has 0 aliphatic carbocycles. The van der Waals surface area contributed by atoms with E-state index in [9.17, 15) is 4.39 Å². The van der Waals surface area contributed by atoms with E-state index >= 15 is 0 Å². The lowest BCUT2D eigenvalue weighted by Gasteiger charge is -2.17. The van der Waals surface area contributed by atoms with E-state index in [0.29, 0.717) is 16.3 Å². The summed E-state index contributed by atoms with van der Waals surface area (Å²) in [5.41, 5.74) is 2.13. The van der Waals surface area contributed by atoms with Gasteiger partial charge in [0, 0.05) is 6.20 Å². The van der Waals surface area contributed by atoms with Crippen molar-refractivity contribution in [2.75, 3.05) is 7.05 Å². The van der Waals surface area contributed by atoms with E-state index in [-0.39, 0.29) is 11.9 Å². The number of aryl methyl sites for hydroxylation is 1. The van der Waals surface area contributed by atoms with Crippen LogP contribution in [0.25, 0.3) is 0 Å². The fraction of sp³-hybridized carbons (Fsp3) is 0.214. The van der Waals surface area contributed by atoms with Crippen molar-refractivity contribution in [1.82, 2.24) is 10.3 Å². The molecule has 0 aliphatic heterocycles. The molecule has 2 aromatic rings. The molecule has 0 bridgehead atoms. The van der Waals surface area contributed by atoms with E-state index in [4.69, 9.17) is 11.6 Å². The molecule has 18 heavy (non-hydrogen) atoms. The van der Waals surface area contributed by atoms with Crippen molar-refractivity contribution in [3.05, 3.63) is 64.2 Å². The fourth-order valence-corrected chi connectivity index (χ4v) is 2.09. The Balaban J connectivity index is 2.45. The number of benzene rings is 1. The molecule has 1 N–H and O–H groups in total. The van der Waals surface area contributed by atoms with Crippen LogP contribution in [0.4, 0.5) is 4.39 Å². The van der Waals surface area contributed by atoms with Crippen molar-refractivity contribution >= 4 is 11.6 Å². The molecule has 94 valence electrons. The highest BCUT2D eigenvalue weighted by atomic mass is 35.5. The van der Waals surface area contributed by atoms with Crippen LogP contribution in [0.15, 0.2) is 36.5 Å². The molecule has 1 unspecified atom stereocenters. The van der Waals surface area contributed by atoms with Crippen molar-refractivity contribution in [2.24, 2.45) is 0 Å². The van der Waals surface area contributed by atoms with Crippen LogP contribution in [0.1, 0.15) is 22.9 Å². The van der Waals surface area contributed by atoms with Gasteiger partial charge in [0.2, 0.25) is 0 Å². The molecule has 4 heteroatoms. The van der Waals surface area contributed by atoms with E-state index in [1.165, 1.54) is 6.07 Å². The molecule has 1 heterocycles. The van der Waals surface area contributed by atoms with Crippen molar-refractivity contribution in [3.63, 3.8) is 0 Å². The molecule has 1 aromatic heterocycles. The normalized spacial score (nSPS) is 12.4. The zero-order valence-electron chi connectivity index (χ0n) is 10.2. The maximum Gasteiger partial charge on any atom is 0.126 e. The summed E-state index contributed by atoms with van der Waals surface area (Å²) in [6, 6.07) is 8.49.